The first kappa shape index (κ1) is 20.9. The van der Waals surface area contributed by atoms with Gasteiger partial charge in [-0.3, -0.25) is 14.7 Å². The van der Waals surface area contributed by atoms with E-state index in [1.54, 1.807) is 24.3 Å². The molecule has 0 saturated heterocycles. The van der Waals surface area contributed by atoms with Gasteiger partial charge in [0.05, 0.1) is 12.3 Å². The van der Waals surface area contributed by atoms with Gasteiger partial charge >= 0.3 is 0 Å². The highest BCUT2D eigenvalue weighted by molar-refractivity contribution is 7.99. The molecule has 0 saturated carbocycles. The summed E-state index contributed by atoms with van der Waals surface area (Å²) in [6.07, 6.45) is 0. The summed E-state index contributed by atoms with van der Waals surface area (Å²) in [6.45, 7) is 4.22. The first-order valence-electron chi connectivity index (χ1n) is 8.85. The molecule has 150 valence electrons. The Balaban J connectivity index is 1.46. The molecule has 0 spiro atoms. The maximum Gasteiger partial charge on any atom is 0.251 e. The first-order valence-corrected chi connectivity index (χ1v) is 10.2. The van der Waals surface area contributed by atoms with Crippen LogP contribution >= 0.6 is 23.4 Å². The molecule has 7 nitrogen and oxygen atoms in total. The van der Waals surface area contributed by atoms with E-state index in [2.05, 4.69) is 25.8 Å². The fourth-order valence-electron chi connectivity index (χ4n) is 2.44. The summed E-state index contributed by atoms with van der Waals surface area (Å²) in [5, 5.41) is 13.4. The predicted molar refractivity (Wildman–Crippen MR) is 114 cm³/mol. The Kier molecular flexibility index (Phi) is 6.90. The average Bonchev–Trinajstić information content (AvgIpc) is 3.16. The SMILES string of the molecule is Cc1ccc(NC(=O)CSc2n[nH]c(CNC(=O)c3ccc(Cl)cc3)n2)cc1C. The van der Waals surface area contributed by atoms with Crippen molar-refractivity contribution >= 4 is 40.9 Å². The van der Waals surface area contributed by atoms with Crippen molar-refractivity contribution in [2.75, 3.05) is 11.1 Å². The molecule has 3 rings (SSSR count). The monoisotopic (exact) mass is 429 g/mol. The summed E-state index contributed by atoms with van der Waals surface area (Å²) in [5.41, 5.74) is 3.56. The van der Waals surface area contributed by atoms with Crippen molar-refractivity contribution in [2.45, 2.75) is 25.5 Å². The number of nitrogens with one attached hydrogen (secondary N) is 3. The zero-order valence-corrected chi connectivity index (χ0v) is 17.5. The van der Waals surface area contributed by atoms with Crippen LogP contribution in [0.25, 0.3) is 0 Å². The Hall–Kier alpha value is -2.84. The summed E-state index contributed by atoms with van der Waals surface area (Å²) >= 11 is 7.03. The Bertz CT molecular complexity index is 1020. The molecule has 0 fully saturated rings. The molecule has 2 amide bonds. The lowest BCUT2D eigenvalue weighted by Gasteiger charge is -2.06. The largest absolute Gasteiger partial charge is 0.345 e. The maximum atomic E-state index is 12.1. The predicted octanol–water partition coefficient (Wildman–Crippen LogP) is 3.74. The summed E-state index contributed by atoms with van der Waals surface area (Å²) in [4.78, 5) is 28.5. The van der Waals surface area contributed by atoms with Crippen LogP contribution in [0.5, 0.6) is 0 Å². The number of anilines is 1. The van der Waals surface area contributed by atoms with Crippen molar-refractivity contribution in [3.05, 3.63) is 70.0 Å². The van der Waals surface area contributed by atoms with E-state index in [-0.39, 0.29) is 24.1 Å². The van der Waals surface area contributed by atoms with Gasteiger partial charge in [0.15, 0.2) is 0 Å². The van der Waals surface area contributed by atoms with Crippen LogP contribution in [-0.4, -0.2) is 32.7 Å². The van der Waals surface area contributed by atoms with Crippen LogP contribution in [0.4, 0.5) is 5.69 Å². The van der Waals surface area contributed by atoms with E-state index in [0.29, 0.717) is 21.6 Å². The minimum Gasteiger partial charge on any atom is -0.345 e. The van der Waals surface area contributed by atoms with Crippen molar-refractivity contribution in [3.63, 3.8) is 0 Å². The third-order valence-corrected chi connectivity index (χ3v) is 5.26. The van der Waals surface area contributed by atoms with Gasteiger partial charge in [0.2, 0.25) is 11.1 Å². The molecule has 2 aromatic carbocycles. The van der Waals surface area contributed by atoms with Crippen molar-refractivity contribution in [3.8, 4) is 0 Å². The van der Waals surface area contributed by atoms with Gasteiger partial charge in [0.1, 0.15) is 5.82 Å². The van der Waals surface area contributed by atoms with Crippen molar-refractivity contribution in [2.24, 2.45) is 0 Å². The van der Waals surface area contributed by atoms with Gasteiger partial charge in [-0.15, -0.1) is 5.10 Å². The number of aromatic nitrogens is 3. The Labute approximate surface area is 177 Å². The van der Waals surface area contributed by atoms with Gasteiger partial charge in [-0.2, -0.15) is 0 Å². The number of hydrogen-bond acceptors (Lipinski definition) is 5. The molecule has 3 aromatic rings. The van der Waals surface area contributed by atoms with Crippen LogP contribution in [-0.2, 0) is 11.3 Å². The van der Waals surface area contributed by atoms with Gasteiger partial charge in [-0.1, -0.05) is 29.4 Å². The number of aromatic amines is 1. The normalized spacial score (nSPS) is 10.6. The molecule has 1 heterocycles. The number of rotatable bonds is 7. The van der Waals surface area contributed by atoms with E-state index in [4.69, 9.17) is 11.6 Å². The third-order valence-electron chi connectivity index (χ3n) is 4.16. The first-order chi connectivity index (χ1) is 13.9. The standard InChI is InChI=1S/C20H20ClN5O2S/c1-12-3-8-16(9-13(12)2)23-18(27)11-29-20-24-17(25-26-20)10-22-19(28)14-4-6-15(21)7-5-14/h3-9H,10-11H2,1-2H3,(H,22,28)(H,23,27)(H,24,25,26). The van der Waals surface area contributed by atoms with E-state index in [9.17, 15) is 9.59 Å². The highest BCUT2D eigenvalue weighted by Gasteiger charge is 2.10. The van der Waals surface area contributed by atoms with Crippen molar-refractivity contribution in [1.29, 1.82) is 0 Å². The second-order valence-electron chi connectivity index (χ2n) is 6.39. The number of carbonyl (C=O) groups is 2. The number of hydrogen-bond donors (Lipinski definition) is 3. The summed E-state index contributed by atoms with van der Waals surface area (Å²) in [5.74, 6) is 0.312. The summed E-state index contributed by atoms with van der Waals surface area (Å²) < 4.78 is 0. The van der Waals surface area contributed by atoms with Crippen LogP contribution in [0.2, 0.25) is 5.02 Å². The number of carbonyl (C=O) groups excluding carboxylic acids is 2. The topological polar surface area (TPSA) is 99.8 Å². The van der Waals surface area contributed by atoms with Gasteiger partial charge in [-0.05, 0) is 61.4 Å². The zero-order chi connectivity index (χ0) is 20.8. The van der Waals surface area contributed by atoms with Gasteiger partial charge in [-0.25, -0.2) is 4.98 Å². The molecule has 1 aromatic heterocycles. The van der Waals surface area contributed by atoms with E-state index in [1.165, 1.54) is 17.3 Å². The van der Waals surface area contributed by atoms with Gasteiger partial charge < -0.3 is 10.6 Å². The third kappa shape index (κ3) is 6.07. The smallest absolute Gasteiger partial charge is 0.251 e. The number of halogens is 1. The van der Waals surface area contributed by atoms with Crippen LogP contribution < -0.4 is 10.6 Å². The van der Waals surface area contributed by atoms with Crippen molar-refractivity contribution in [1.82, 2.24) is 20.5 Å². The fourth-order valence-corrected chi connectivity index (χ4v) is 3.18. The molecule has 0 atom stereocenters. The molecule has 0 aliphatic carbocycles. The molecule has 0 radical (unpaired) electrons. The lowest BCUT2D eigenvalue weighted by molar-refractivity contribution is -0.113. The van der Waals surface area contributed by atoms with Crippen molar-refractivity contribution < 1.29 is 9.59 Å². The maximum absolute atomic E-state index is 12.1. The van der Waals surface area contributed by atoms with Crippen LogP contribution in [0.15, 0.2) is 47.6 Å². The highest BCUT2D eigenvalue weighted by Crippen LogP contribution is 2.16. The lowest BCUT2D eigenvalue weighted by atomic mass is 10.1. The minimum atomic E-state index is -0.236. The Morgan fingerprint density at radius 2 is 1.86 bits per heavy atom. The van der Waals surface area contributed by atoms with E-state index < -0.39 is 0 Å². The van der Waals surface area contributed by atoms with E-state index in [1.807, 2.05) is 32.0 Å². The fraction of sp³-hybridized carbons (Fsp3) is 0.200. The summed E-state index contributed by atoms with van der Waals surface area (Å²) in [6, 6.07) is 12.4. The van der Waals surface area contributed by atoms with E-state index in [0.717, 1.165) is 11.3 Å². The second kappa shape index (κ2) is 9.58. The number of benzene rings is 2. The molecular weight excluding hydrogens is 410 g/mol. The highest BCUT2D eigenvalue weighted by atomic mass is 35.5. The summed E-state index contributed by atoms with van der Waals surface area (Å²) in [7, 11) is 0. The number of thioether (sulfide) groups is 1. The van der Waals surface area contributed by atoms with E-state index >= 15 is 0 Å². The molecule has 9 heteroatoms. The molecule has 29 heavy (non-hydrogen) atoms. The zero-order valence-electron chi connectivity index (χ0n) is 16.0. The second-order valence-corrected chi connectivity index (χ2v) is 7.77. The quantitative estimate of drug-likeness (QED) is 0.497. The Morgan fingerprint density at radius 1 is 1.10 bits per heavy atom. The number of H-pyrrole nitrogens is 1. The van der Waals surface area contributed by atoms with Crippen LogP contribution in [0, 0.1) is 13.8 Å². The lowest BCUT2D eigenvalue weighted by Crippen LogP contribution is -2.23. The molecule has 0 bridgehead atoms. The molecule has 3 N–H and O–H groups in total. The van der Waals surface area contributed by atoms with Gasteiger partial charge in [0.25, 0.3) is 5.91 Å². The number of nitrogens with zero attached hydrogens (tertiary/aromatic N) is 2. The molecular formula is C20H20ClN5O2S. The average molecular weight is 430 g/mol. The van der Waals surface area contributed by atoms with Crippen LogP contribution in [0.1, 0.15) is 27.3 Å². The van der Waals surface area contributed by atoms with Crippen LogP contribution in [0.3, 0.4) is 0 Å². The van der Waals surface area contributed by atoms with Gasteiger partial charge in [0, 0.05) is 16.3 Å². The molecule has 0 unspecified atom stereocenters. The minimum absolute atomic E-state index is 0.138. The molecule has 0 aliphatic heterocycles. The number of amides is 2. The number of aryl methyl sites for hydroxylation is 2. The molecule has 0 aliphatic rings. The Morgan fingerprint density at radius 3 is 2.59 bits per heavy atom.